The number of amides is 2. The van der Waals surface area contributed by atoms with Gasteiger partial charge in [0.15, 0.2) is 0 Å². The lowest BCUT2D eigenvalue weighted by Crippen LogP contribution is -2.31. The molecule has 0 heterocycles. The Morgan fingerprint density at radius 1 is 1.22 bits per heavy atom. The van der Waals surface area contributed by atoms with Crippen molar-refractivity contribution in [3.05, 3.63) is 0 Å². The van der Waals surface area contributed by atoms with E-state index in [1.165, 1.54) is 0 Å². The van der Waals surface area contributed by atoms with Gasteiger partial charge in [0.2, 0.25) is 11.8 Å². The number of rotatable bonds is 9. The molecule has 1 unspecified atom stereocenters. The number of nitrogens with two attached hydrogens (primary N) is 1. The van der Waals surface area contributed by atoms with Gasteiger partial charge in [-0.15, -0.1) is 0 Å². The summed E-state index contributed by atoms with van der Waals surface area (Å²) in [7, 11) is 0. The fourth-order valence-electron chi connectivity index (χ4n) is 1.74. The topological polar surface area (TPSA) is 84.2 Å². The summed E-state index contributed by atoms with van der Waals surface area (Å²) in [6, 6.07) is 0.394. The molecule has 0 aromatic carbocycles. The molecular formula is C13H25N3O2. The van der Waals surface area contributed by atoms with E-state index in [9.17, 15) is 9.59 Å². The van der Waals surface area contributed by atoms with Crippen LogP contribution in [0.5, 0.6) is 0 Å². The maximum absolute atomic E-state index is 11.5. The summed E-state index contributed by atoms with van der Waals surface area (Å²) in [5.41, 5.74) is 5.45. The van der Waals surface area contributed by atoms with Gasteiger partial charge >= 0.3 is 0 Å². The Bertz CT molecular complexity index is 277. The Morgan fingerprint density at radius 2 is 1.94 bits per heavy atom. The van der Waals surface area contributed by atoms with E-state index in [-0.39, 0.29) is 11.8 Å². The van der Waals surface area contributed by atoms with Crippen molar-refractivity contribution < 1.29 is 9.59 Å². The van der Waals surface area contributed by atoms with E-state index in [4.69, 9.17) is 5.73 Å². The highest BCUT2D eigenvalue weighted by Crippen LogP contribution is 2.18. The Kier molecular flexibility index (Phi) is 6.72. The molecule has 0 aliphatic heterocycles. The van der Waals surface area contributed by atoms with Crippen LogP contribution in [0.25, 0.3) is 0 Å². The lowest BCUT2D eigenvalue weighted by molar-refractivity contribution is -0.122. The first-order valence-electron chi connectivity index (χ1n) is 6.88. The lowest BCUT2D eigenvalue weighted by atomic mass is 10.0. The number of nitrogens with one attached hydrogen (secondary N) is 2. The Balaban J connectivity index is 1.96. The van der Waals surface area contributed by atoms with Crippen molar-refractivity contribution in [3.8, 4) is 0 Å². The SMILES string of the molecule is CC(CCN)CCC(=O)NCCC(=O)NC1CC1. The van der Waals surface area contributed by atoms with Crippen LogP contribution in [-0.2, 0) is 9.59 Å². The fourth-order valence-corrected chi connectivity index (χ4v) is 1.74. The molecule has 1 saturated carbocycles. The Morgan fingerprint density at radius 3 is 2.56 bits per heavy atom. The highest BCUT2D eigenvalue weighted by Gasteiger charge is 2.22. The van der Waals surface area contributed by atoms with Crippen LogP contribution in [0.1, 0.15) is 45.4 Å². The van der Waals surface area contributed by atoms with Crippen molar-refractivity contribution in [2.24, 2.45) is 11.7 Å². The third-order valence-corrected chi connectivity index (χ3v) is 3.14. The number of carbonyl (C=O) groups excluding carboxylic acids is 2. The van der Waals surface area contributed by atoms with E-state index < -0.39 is 0 Å². The second kappa shape index (κ2) is 8.08. The first-order chi connectivity index (χ1) is 8.61. The van der Waals surface area contributed by atoms with Gasteiger partial charge in [0.05, 0.1) is 0 Å². The maximum Gasteiger partial charge on any atom is 0.221 e. The molecule has 0 saturated heterocycles. The van der Waals surface area contributed by atoms with Gasteiger partial charge in [0.1, 0.15) is 0 Å². The van der Waals surface area contributed by atoms with Gasteiger partial charge < -0.3 is 16.4 Å². The van der Waals surface area contributed by atoms with Crippen LogP contribution in [0, 0.1) is 5.92 Å². The monoisotopic (exact) mass is 255 g/mol. The highest BCUT2D eigenvalue weighted by molar-refractivity contribution is 5.79. The molecule has 5 nitrogen and oxygen atoms in total. The van der Waals surface area contributed by atoms with Crippen molar-refractivity contribution in [3.63, 3.8) is 0 Å². The van der Waals surface area contributed by atoms with Crippen molar-refractivity contribution >= 4 is 11.8 Å². The zero-order chi connectivity index (χ0) is 13.4. The van der Waals surface area contributed by atoms with Gasteiger partial charge in [-0.05, 0) is 38.1 Å². The zero-order valence-electron chi connectivity index (χ0n) is 11.2. The Labute approximate surface area is 109 Å². The van der Waals surface area contributed by atoms with Crippen LogP contribution in [0.3, 0.4) is 0 Å². The van der Waals surface area contributed by atoms with Gasteiger partial charge in [-0.1, -0.05) is 6.92 Å². The van der Waals surface area contributed by atoms with Gasteiger partial charge in [0, 0.05) is 25.4 Å². The van der Waals surface area contributed by atoms with Gasteiger partial charge in [-0.25, -0.2) is 0 Å². The molecular weight excluding hydrogens is 230 g/mol. The molecule has 1 rings (SSSR count). The van der Waals surface area contributed by atoms with E-state index in [1.54, 1.807) is 0 Å². The molecule has 0 aromatic rings. The predicted octanol–water partition coefficient (Wildman–Crippen LogP) is 0.536. The molecule has 5 heteroatoms. The van der Waals surface area contributed by atoms with Crippen molar-refractivity contribution in [1.29, 1.82) is 0 Å². The average Bonchev–Trinajstić information content (AvgIpc) is 3.10. The fraction of sp³-hybridized carbons (Fsp3) is 0.846. The summed E-state index contributed by atoms with van der Waals surface area (Å²) >= 11 is 0. The molecule has 1 aliphatic carbocycles. The zero-order valence-corrected chi connectivity index (χ0v) is 11.2. The minimum absolute atomic E-state index is 0.0260. The van der Waals surface area contributed by atoms with E-state index in [0.717, 1.165) is 25.7 Å². The van der Waals surface area contributed by atoms with Crippen molar-refractivity contribution in [2.45, 2.75) is 51.5 Å². The third-order valence-electron chi connectivity index (χ3n) is 3.14. The summed E-state index contributed by atoms with van der Waals surface area (Å²) in [5.74, 6) is 0.548. The first kappa shape index (κ1) is 15.0. The van der Waals surface area contributed by atoms with E-state index >= 15 is 0 Å². The molecule has 1 aliphatic rings. The van der Waals surface area contributed by atoms with Crippen LogP contribution in [0.2, 0.25) is 0 Å². The molecule has 0 radical (unpaired) electrons. The van der Waals surface area contributed by atoms with E-state index in [2.05, 4.69) is 17.6 Å². The number of carbonyl (C=O) groups is 2. The smallest absolute Gasteiger partial charge is 0.221 e. The summed E-state index contributed by atoms with van der Waals surface area (Å²) in [6.45, 7) is 3.20. The summed E-state index contributed by atoms with van der Waals surface area (Å²) in [6.07, 6.45) is 4.90. The summed E-state index contributed by atoms with van der Waals surface area (Å²) in [5, 5.41) is 5.66. The molecule has 1 fully saturated rings. The standard InChI is InChI=1S/C13H25N3O2/c1-10(6-8-14)2-5-12(17)15-9-7-13(18)16-11-3-4-11/h10-11H,2-9,14H2,1H3,(H,15,17)(H,16,18). The van der Waals surface area contributed by atoms with Crippen LogP contribution in [0.4, 0.5) is 0 Å². The van der Waals surface area contributed by atoms with Gasteiger partial charge in [-0.3, -0.25) is 9.59 Å². The minimum Gasteiger partial charge on any atom is -0.356 e. The Hall–Kier alpha value is -1.10. The molecule has 1 atom stereocenters. The second-order valence-electron chi connectivity index (χ2n) is 5.16. The van der Waals surface area contributed by atoms with Crippen molar-refractivity contribution in [1.82, 2.24) is 10.6 Å². The first-order valence-corrected chi connectivity index (χ1v) is 6.88. The molecule has 0 spiro atoms. The normalized spacial score (nSPS) is 16.1. The minimum atomic E-state index is 0.0260. The predicted molar refractivity (Wildman–Crippen MR) is 70.9 cm³/mol. The number of hydrogen-bond acceptors (Lipinski definition) is 3. The van der Waals surface area contributed by atoms with E-state index in [1.807, 2.05) is 0 Å². The van der Waals surface area contributed by atoms with Gasteiger partial charge in [-0.2, -0.15) is 0 Å². The molecule has 4 N–H and O–H groups in total. The molecule has 2 amide bonds. The largest absolute Gasteiger partial charge is 0.356 e. The number of hydrogen-bond donors (Lipinski definition) is 3. The van der Waals surface area contributed by atoms with Crippen molar-refractivity contribution in [2.75, 3.05) is 13.1 Å². The highest BCUT2D eigenvalue weighted by atomic mass is 16.2. The third kappa shape index (κ3) is 7.27. The summed E-state index contributed by atoms with van der Waals surface area (Å²) < 4.78 is 0. The molecule has 104 valence electrons. The van der Waals surface area contributed by atoms with E-state index in [0.29, 0.717) is 37.9 Å². The molecule has 18 heavy (non-hydrogen) atoms. The van der Waals surface area contributed by atoms with Gasteiger partial charge in [0.25, 0.3) is 0 Å². The second-order valence-corrected chi connectivity index (χ2v) is 5.16. The average molecular weight is 255 g/mol. The molecule has 0 bridgehead atoms. The lowest BCUT2D eigenvalue weighted by Gasteiger charge is -2.10. The van der Waals surface area contributed by atoms with Crippen LogP contribution >= 0.6 is 0 Å². The summed E-state index contributed by atoms with van der Waals surface area (Å²) in [4.78, 5) is 22.8. The maximum atomic E-state index is 11.5. The quantitative estimate of drug-likeness (QED) is 0.562. The van der Waals surface area contributed by atoms with Crippen LogP contribution in [-0.4, -0.2) is 30.9 Å². The van der Waals surface area contributed by atoms with Crippen LogP contribution < -0.4 is 16.4 Å². The van der Waals surface area contributed by atoms with Crippen LogP contribution in [0.15, 0.2) is 0 Å². The molecule has 0 aromatic heterocycles.